The summed E-state index contributed by atoms with van der Waals surface area (Å²) in [6.07, 6.45) is 0. The maximum atomic E-state index is 9.97. The lowest BCUT2D eigenvalue weighted by Gasteiger charge is -2.16. The quantitative estimate of drug-likeness (QED) is 0.353. The zero-order valence-electron chi connectivity index (χ0n) is 16.4. The molecule has 0 fully saturated rings. The smallest absolute Gasteiger partial charge is 0.234 e. The topological polar surface area (TPSA) is 84.8 Å². The molecule has 2 aromatic heterocycles. The number of anilines is 1. The Labute approximate surface area is 193 Å². The number of nitrogen functional groups attached to an aromatic ring is 1. The minimum absolute atomic E-state index is 0.177. The normalized spacial score (nSPS) is 10.6. The summed E-state index contributed by atoms with van der Waals surface area (Å²) < 4.78 is 5.60. The van der Waals surface area contributed by atoms with Crippen LogP contribution in [0.4, 0.5) is 5.82 Å². The predicted octanol–water partition coefficient (Wildman–Crippen LogP) is 6.70. The van der Waals surface area contributed by atoms with Gasteiger partial charge in [-0.2, -0.15) is 10.2 Å². The molecule has 0 aliphatic carbocycles. The van der Waals surface area contributed by atoms with Crippen LogP contribution in [0.15, 0.2) is 53.9 Å². The molecule has 4 rings (SSSR count). The van der Waals surface area contributed by atoms with Gasteiger partial charge in [0.15, 0.2) is 0 Å². The van der Waals surface area contributed by atoms with Crippen LogP contribution < -0.4 is 10.5 Å². The van der Waals surface area contributed by atoms with Gasteiger partial charge in [-0.1, -0.05) is 53.5 Å². The number of ether oxygens (including phenoxy) is 1. The molecule has 8 heteroatoms. The summed E-state index contributed by atoms with van der Waals surface area (Å²) in [5, 5.41) is 13.7. The molecular formula is C23H16Cl2N4OS. The maximum absolute atomic E-state index is 9.97. The van der Waals surface area contributed by atoms with Gasteiger partial charge in [-0.25, -0.2) is 4.98 Å². The third-order valence-electron chi connectivity index (χ3n) is 4.59. The Morgan fingerprint density at radius 1 is 1.06 bits per heavy atom. The van der Waals surface area contributed by atoms with Crippen LogP contribution in [-0.2, 0) is 0 Å². The maximum Gasteiger partial charge on any atom is 0.234 e. The van der Waals surface area contributed by atoms with Crippen molar-refractivity contribution in [3.05, 3.63) is 69.5 Å². The predicted molar refractivity (Wildman–Crippen MR) is 127 cm³/mol. The molecule has 0 aliphatic heterocycles. The second kappa shape index (κ2) is 8.94. The van der Waals surface area contributed by atoms with E-state index in [1.807, 2.05) is 54.8 Å². The summed E-state index contributed by atoms with van der Waals surface area (Å²) in [5.74, 6) is 0.394. The summed E-state index contributed by atoms with van der Waals surface area (Å²) >= 11 is 13.9. The van der Waals surface area contributed by atoms with Gasteiger partial charge in [-0.05, 0) is 25.1 Å². The molecule has 154 valence electrons. The lowest BCUT2D eigenvalue weighted by Crippen LogP contribution is -2.05. The van der Waals surface area contributed by atoms with Crippen molar-refractivity contribution in [1.82, 2.24) is 9.97 Å². The molecule has 2 N–H and O–H groups in total. The van der Waals surface area contributed by atoms with Crippen molar-refractivity contribution in [2.45, 2.75) is 6.92 Å². The highest BCUT2D eigenvalue weighted by Crippen LogP contribution is 2.45. The molecule has 0 atom stereocenters. The molecule has 0 aliphatic rings. The van der Waals surface area contributed by atoms with E-state index in [1.165, 1.54) is 11.3 Å². The number of benzene rings is 2. The van der Waals surface area contributed by atoms with Gasteiger partial charge in [-0.15, -0.1) is 11.3 Å². The number of hydrogen-bond donors (Lipinski definition) is 1. The number of nitrogens with two attached hydrogens (primary N) is 1. The molecule has 31 heavy (non-hydrogen) atoms. The fourth-order valence-corrected chi connectivity index (χ4v) is 4.46. The molecule has 0 saturated carbocycles. The molecule has 0 amide bonds. The number of pyridine rings is 1. The minimum atomic E-state index is 0.177. The van der Waals surface area contributed by atoms with Crippen molar-refractivity contribution < 1.29 is 4.74 Å². The minimum Gasteiger partial charge on any atom is -0.477 e. The molecule has 4 aromatic rings. The Hall–Kier alpha value is -3.11. The van der Waals surface area contributed by atoms with Crippen LogP contribution in [0.1, 0.15) is 12.5 Å². The van der Waals surface area contributed by atoms with Crippen molar-refractivity contribution in [3.8, 4) is 44.9 Å². The molecule has 2 heterocycles. The molecule has 0 bridgehead atoms. The van der Waals surface area contributed by atoms with Crippen molar-refractivity contribution >= 4 is 40.4 Å². The van der Waals surface area contributed by atoms with Crippen LogP contribution in [-0.4, -0.2) is 16.6 Å². The zero-order chi connectivity index (χ0) is 22.0. The van der Waals surface area contributed by atoms with Gasteiger partial charge in [0.1, 0.15) is 22.5 Å². The van der Waals surface area contributed by atoms with E-state index in [2.05, 4.69) is 11.1 Å². The van der Waals surface area contributed by atoms with Gasteiger partial charge in [0.25, 0.3) is 0 Å². The van der Waals surface area contributed by atoms with Gasteiger partial charge in [0, 0.05) is 32.1 Å². The first-order chi connectivity index (χ1) is 15.0. The Balaban J connectivity index is 1.97. The first-order valence-corrected chi connectivity index (χ1v) is 11.0. The van der Waals surface area contributed by atoms with Crippen LogP contribution in [0.3, 0.4) is 0 Å². The molecule has 0 spiro atoms. The van der Waals surface area contributed by atoms with E-state index in [-0.39, 0.29) is 17.3 Å². The largest absolute Gasteiger partial charge is 0.477 e. The Bertz CT molecular complexity index is 1300. The fourth-order valence-electron chi connectivity index (χ4n) is 3.22. The van der Waals surface area contributed by atoms with Crippen LogP contribution >= 0.6 is 34.5 Å². The fraction of sp³-hybridized carbons (Fsp3) is 0.0870. The number of aromatic nitrogens is 2. The average Bonchev–Trinajstić information content (AvgIpc) is 3.24. The molecule has 5 nitrogen and oxygen atoms in total. The average molecular weight is 467 g/mol. The van der Waals surface area contributed by atoms with Crippen LogP contribution in [0.2, 0.25) is 10.0 Å². The standard InChI is InChI=1S/C23H16Cl2N4OS/c1-2-30-22-16(11-26)19(15-5-3-4-6-17(15)25)20(21(27)29-22)23-28-18(12-31-23)13-7-9-14(24)10-8-13/h3-10,12H,2H2,1H3,(H2,27,29). The summed E-state index contributed by atoms with van der Waals surface area (Å²) in [6, 6.07) is 16.9. The SMILES string of the molecule is CCOc1nc(N)c(-c2nc(-c3ccc(Cl)cc3)cs2)c(-c2ccccc2Cl)c1C#N. The molecule has 2 aromatic carbocycles. The summed E-state index contributed by atoms with van der Waals surface area (Å²) in [6.45, 7) is 2.17. The van der Waals surface area contributed by atoms with E-state index in [9.17, 15) is 5.26 Å². The highest BCUT2D eigenvalue weighted by molar-refractivity contribution is 7.13. The third-order valence-corrected chi connectivity index (χ3v) is 6.03. The highest BCUT2D eigenvalue weighted by Gasteiger charge is 2.25. The number of hydrogen-bond acceptors (Lipinski definition) is 6. The van der Waals surface area contributed by atoms with E-state index in [0.29, 0.717) is 38.4 Å². The van der Waals surface area contributed by atoms with E-state index in [4.69, 9.17) is 38.7 Å². The van der Waals surface area contributed by atoms with E-state index in [1.54, 1.807) is 6.07 Å². The number of thiazole rings is 1. The third kappa shape index (κ3) is 4.08. The summed E-state index contributed by atoms with van der Waals surface area (Å²) in [4.78, 5) is 9.13. The first-order valence-electron chi connectivity index (χ1n) is 9.36. The second-order valence-corrected chi connectivity index (χ2v) is 8.20. The number of nitrogens with zero attached hydrogens (tertiary/aromatic N) is 3. The van der Waals surface area contributed by atoms with Crippen molar-refractivity contribution in [2.24, 2.45) is 0 Å². The van der Waals surface area contributed by atoms with Gasteiger partial charge >= 0.3 is 0 Å². The van der Waals surface area contributed by atoms with Crippen LogP contribution in [0.5, 0.6) is 5.88 Å². The van der Waals surface area contributed by atoms with Gasteiger partial charge in [-0.3, -0.25) is 0 Å². The van der Waals surface area contributed by atoms with Gasteiger partial charge in [0.2, 0.25) is 5.88 Å². The molecular weight excluding hydrogens is 451 g/mol. The summed E-state index contributed by atoms with van der Waals surface area (Å²) in [7, 11) is 0. The molecule has 0 radical (unpaired) electrons. The highest BCUT2D eigenvalue weighted by atomic mass is 35.5. The van der Waals surface area contributed by atoms with Crippen molar-refractivity contribution in [3.63, 3.8) is 0 Å². The lowest BCUT2D eigenvalue weighted by molar-refractivity contribution is 0.326. The van der Waals surface area contributed by atoms with Gasteiger partial charge < -0.3 is 10.5 Å². The van der Waals surface area contributed by atoms with E-state index < -0.39 is 0 Å². The zero-order valence-corrected chi connectivity index (χ0v) is 18.7. The Morgan fingerprint density at radius 2 is 1.81 bits per heavy atom. The van der Waals surface area contributed by atoms with Crippen molar-refractivity contribution in [1.29, 1.82) is 5.26 Å². The number of rotatable bonds is 5. The molecule has 0 unspecified atom stereocenters. The van der Waals surface area contributed by atoms with E-state index in [0.717, 1.165) is 11.3 Å². The first kappa shape index (κ1) is 21.1. The number of nitriles is 1. The van der Waals surface area contributed by atoms with Gasteiger partial charge in [0.05, 0.1) is 17.9 Å². The monoisotopic (exact) mass is 466 g/mol. The lowest BCUT2D eigenvalue weighted by atomic mass is 9.96. The molecule has 0 saturated heterocycles. The van der Waals surface area contributed by atoms with Crippen molar-refractivity contribution in [2.75, 3.05) is 12.3 Å². The van der Waals surface area contributed by atoms with Crippen LogP contribution in [0.25, 0.3) is 33.0 Å². The Morgan fingerprint density at radius 3 is 2.48 bits per heavy atom. The Kier molecular flexibility index (Phi) is 6.10. The second-order valence-electron chi connectivity index (χ2n) is 6.50. The van der Waals surface area contributed by atoms with Crippen LogP contribution in [0, 0.1) is 11.3 Å². The number of halogens is 2. The summed E-state index contributed by atoms with van der Waals surface area (Å²) in [5.41, 5.74) is 10.1. The van der Waals surface area contributed by atoms with E-state index >= 15 is 0 Å².